The average molecular weight is 209 g/mol. The first-order valence-electron chi connectivity index (χ1n) is 5.71. The fourth-order valence-corrected chi connectivity index (χ4v) is 1.93. The van der Waals surface area contributed by atoms with Gasteiger partial charge in [-0.25, -0.2) is 0 Å². The fraction of sp³-hybridized carbons (Fsp3) is 0.667. The van der Waals surface area contributed by atoms with E-state index in [4.69, 9.17) is 9.15 Å². The quantitative estimate of drug-likeness (QED) is 0.826. The van der Waals surface area contributed by atoms with E-state index >= 15 is 0 Å². The highest BCUT2D eigenvalue weighted by Crippen LogP contribution is 2.16. The first kappa shape index (κ1) is 10.7. The van der Waals surface area contributed by atoms with Crippen LogP contribution in [0.5, 0.6) is 0 Å². The lowest BCUT2D eigenvalue weighted by Crippen LogP contribution is -2.29. The van der Waals surface area contributed by atoms with Gasteiger partial charge in [0.1, 0.15) is 5.76 Å². The van der Waals surface area contributed by atoms with Gasteiger partial charge in [-0.3, -0.25) is 0 Å². The summed E-state index contributed by atoms with van der Waals surface area (Å²) in [6, 6.07) is 4.26. The molecule has 1 atom stereocenters. The second-order valence-corrected chi connectivity index (χ2v) is 4.20. The zero-order valence-corrected chi connectivity index (χ0v) is 9.24. The van der Waals surface area contributed by atoms with Crippen molar-refractivity contribution >= 4 is 0 Å². The molecule has 0 aromatic carbocycles. The zero-order chi connectivity index (χ0) is 10.5. The summed E-state index contributed by atoms with van der Waals surface area (Å²) in [7, 11) is 0. The molecule has 84 valence electrons. The van der Waals surface area contributed by atoms with Gasteiger partial charge in [-0.2, -0.15) is 0 Å². The molecule has 0 spiro atoms. The summed E-state index contributed by atoms with van der Waals surface area (Å²) < 4.78 is 10.7. The minimum atomic E-state index is 0.308. The maximum atomic E-state index is 5.35. The molecule has 0 bridgehead atoms. The van der Waals surface area contributed by atoms with Gasteiger partial charge in [0, 0.05) is 13.2 Å². The van der Waals surface area contributed by atoms with E-state index in [0.717, 1.165) is 31.4 Å². The summed E-state index contributed by atoms with van der Waals surface area (Å²) in [5.74, 6) is 1.78. The lowest BCUT2D eigenvalue weighted by atomic mass is 10.00. The third-order valence-corrected chi connectivity index (χ3v) is 3.02. The van der Waals surface area contributed by atoms with Crippen LogP contribution in [0.25, 0.3) is 0 Å². The first-order chi connectivity index (χ1) is 7.36. The Morgan fingerprint density at radius 3 is 2.93 bits per heavy atom. The van der Waals surface area contributed by atoms with E-state index in [9.17, 15) is 0 Å². The fourth-order valence-electron chi connectivity index (χ4n) is 1.93. The molecule has 0 amide bonds. The van der Waals surface area contributed by atoms with E-state index in [-0.39, 0.29) is 0 Å². The van der Waals surface area contributed by atoms with Gasteiger partial charge in [0.05, 0.1) is 12.3 Å². The van der Waals surface area contributed by atoms with Crippen LogP contribution < -0.4 is 5.32 Å². The molecule has 1 N–H and O–H groups in total. The molecule has 1 fully saturated rings. The Bertz CT molecular complexity index is 265. The minimum Gasteiger partial charge on any atom is -0.468 e. The van der Waals surface area contributed by atoms with E-state index in [1.165, 1.54) is 12.8 Å². The highest BCUT2D eigenvalue weighted by Gasteiger charge is 2.15. The second kappa shape index (κ2) is 5.33. The Morgan fingerprint density at radius 1 is 1.47 bits per heavy atom. The molecule has 3 nitrogen and oxygen atoms in total. The van der Waals surface area contributed by atoms with Crippen LogP contribution in [0.3, 0.4) is 0 Å². The third kappa shape index (κ3) is 3.08. The molecule has 0 aliphatic carbocycles. The third-order valence-electron chi connectivity index (χ3n) is 3.02. The summed E-state index contributed by atoms with van der Waals surface area (Å²) in [5.41, 5.74) is 0. The summed E-state index contributed by atoms with van der Waals surface area (Å²) in [6.07, 6.45) is 4.08. The molecule has 1 aromatic heterocycles. The van der Waals surface area contributed by atoms with Crippen molar-refractivity contribution in [1.82, 2.24) is 5.32 Å². The van der Waals surface area contributed by atoms with Gasteiger partial charge in [-0.1, -0.05) is 0 Å². The molecule has 2 heterocycles. The van der Waals surface area contributed by atoms with Gasteiger partial charge < -0.3 is 14.5 Å². The number of hydrogen-bond donors (Lipinski definition) is 1. The summed E-state index contributed by atoms with van der Waals surface area (Å²) in [6.45, 7) is 5.03. The molecule has 1 aliphatic heterocycles. The molecule has 0 saturated carbocycles. The molecular weight excluding hydrogens is 190 g/mol. The Balaban J connectivity index is 1.73. The number of ether oxygens (including phenoxy) is 1. The standard InChI is InChI=1S/C12H19NO2/c1-10(12-3-2-6-15-12)13-9-11-4-7-14-8-5-11/h2-3,6,10-11,13H,4-5,7-9H2,1H3/t10-/m1/s1. The van der Waals surface area contributed by atoms with Crippen LogP contribution >= 0.6 is 0 Å². The molecule has 3 heteroatoms. The van der Waals surface area contributed by atoms with Crippen molar-refractivity contribution in [3.05, 3.63) is 24.2 Å². The largest absolute Gasteiger partial charge is 0.468 e. The SMILES string of the molecule is C[C@@H](NCC1CCOCC1)c1ccco1. The second-order valence-electron chi connectivity index (χ2n) is 4.20. The van der Waals surface area contributed by atoms with Crippen molar-refractivity contribution < 1.29 is 9.15 Å². The number of nitrogens with one attached hydrogen (secondary N) is 1. The smallest absolute Gasteiger partial charge is 0.120 e. The van der Waals surface area contributed by atoms with Crippen molar-refractivity contribution in [1.29, 1.82) is 0 Å². The predicted molar refractivity (Wildman–Crippen MR) is 58.7 cm³/mol. The van der Waals surface area contributed by atoms with Gasteiger partial charge >= 0.3 is 0 Å². The van der Waals surface area contributed by atoms with E-state index in [2.05, 4.69) is 12.2 Å². The van der Waals surface area contributed by atoms with Crippen LogP contribution in [0.4, 0.5) is 0 Å². The number of rotatable bonds is 4. The normalized spacial score (nSPS) is 20.3. The number of furan rings is 1. The molecule has 1 aliphatic rings. The highest BCUT2D eigenvalue weighted by molar-refractivity contribution is 5.02. The molecule has 0 radical (unpaired) electrons. The van der Waals surface area contributed by atoms with Gasteiger partial charge in [-0.05, 0) is 44.4 Å². The van der Waals surface area contributed by atoms with Gasteiger partial charge in [-0.15, -0.1) is 0 Å². The van der Waals surface area contributed by atoms with Crippen LogP contribution in [0.1, 0.15) is 31.6 Å². The molecule has 1 saturated heterocycles. The average Bonchev–Trinajstić information content (AvgIpc) is 2.81. The molecule has 15 heavy (non-hydrogen) atoms. The Labute approximate surface area is 90.8 Å². The van der Waals surface area contributed by atoms with E-state index in [1.54, 1.807) is 6.26 Å². The molecule has 2 rings (SSSR count). The van der Waals surface area contributed by atoms with E-state index < -0.39 is 0 Å². The van der Waals surface area contributed by atoms with Crippen molar-refractivity contribution in [2.24, 2.45) is 5.92 Å². The van der Waals surface area contributed by atoms with Crippen LogP contribution in [-0.2, 0) is 4.74 Å². The molecule has 0 unspecified atom stereocenters. The van der Waals surface area contributed by atoms with Crippen LogP contribution in [-0.4, -0.2) is 19.8 Å². The maximum absolute atomic E-state index is 5.35. The number of hydrogen-bond acceptors (Lipinski definition) is 3. The van der Waals surface area contributed by atoms with Crippen LogP contribution in [0.15, 0.2) is 22.8 Å². The zero-order valence-electron chi connectivity index (χ0n) is 9.24. The lowest BCUT2D eigenvalue weighted by molar-refractivity contribution is 0.0654. The summed E-state index contributed by atoms with van der Waals surface area (Å²) in [4.78, 5) is 0. The molecular formula is C12H19NO2. The van der Waals surface area contributed by atoms with Crippen molar-refractivity contribution in [2.45, 2.75) is 25.8 Å². The van der Waals surface area contributed by atoms with Crippen LogP contribution in [0, 0.1) is 5.92 Å². The van der Waals surface area contributed by atoms with Crippen molar-refractivity contribution in [2.75, 3.05) is 19.8 Å². The Hall–Kier alpha value is -0.800. The van der Waals surface area contributed by atoms with Gasteiger partial charge in [0.15, 0.2) is 0 Å². The first-order valence-corrected chi connectivity index (χ1v) is 5.71. The highest BCUT2D eigenvalue weighted by atomic mass is 16.5. The summed E-state index contributed by atoms with van der Waals surface area (Å²) >= 11 is 0. The monoisotopic (exact) mass is 209 g/mol. The van der Waals surface area contributed by atoms with Crippen molar-refractivity contribution in [3.63, 3.8) is 0 Å². The van der Waals surface area contributed by atoms with Crippen LogP contribution in [0.2, 0.25) is 0 Å². The summed E-state index contributed by atoms with van der Waals surface area (Å²) in [5, 5.41) is 3.51. The predicted octanol–water partition coefficient (Wildman–Crippen LogP) is 2.36. The van der Waals surface area contributed by atoms with E-state index in [1.807, 2.05) is 12.1 Å². The maximum Gasteiger partial charge on any atom is 0.120 e. The minimum absolute atomic E-state index is 0.308. The van der Waals surface area contributed by atoms with E-state index in [0.29, 0.717) is 6.04 Å². The Morgan fingerprint density at radius 2 is 2.27 bits per heavy atom. The van der Waals surface area contributed by atoms with Gasteiger partial charge in [0.2, 0.25) is 0 Å². The topological polar surface area (TPSA) is 34.4 Å². The Kier molecular flexibility index (Phi) is 3.80. The molecule has 1 aromatic rings. The van der Waals surface area contributed by atoms with Gasteiger partial charge in [0.25, 0.3) is 0 Å². The van der Waals surface area contributed by atoms with Crippen molar-refractivity contribution in [3.8, 4) is 0 Å². The lowest BCUT2D eigenvalue weighted by Gasteiger charge is -2.23.